The van der Waals surface area contributed by atoms with Crippen LogP contribution in [-0.2, 0) is 9.78 Å². The van der Waals surface area contributed by atoms with Gasteiger partial charge in [-0.25, -0.2) is 9.78 Å². The Morgan fingerprint density at radius 3 is 2.30 bits per heavy atom. The molecule has 0 radical (unpaired) electrons. The van der Waals surface area contributed by atoms with Crippen LogP contribution < -0.4 is 0 Å². The first-order valence-electron chi connectivity index (χ1n) is 12.9. The maximum Gasteiger partial charge on any atom is 0.128 e. The SMILES string of the molecule is CC(C)[C@@H](C)/C=C\[C@@H](C)[C@H]1CC[C@@H]2[C@]1(C)CC[C@H]1[C@]23C=C[C@]2(CCCC[C@]12C)OO3. The molecule has 0 unspecified atom stereocenters. The molecule has 4 aliphatic carbocycles. The Balaban J connectivity index is 1.45. The molecule has 2 aliphatic heterocycles. The predicted molar refractivity (Wildman–Crippen MR) is 123 cm³/mol. The van der Waals surface area contributed by atoms with Gasteiger partial charge in [-0.15, -0.1) is 0 Å². The summed E-state index contributed by atoms with van der Waals surface area (Å²) in [6.07, 6.45) is 20.3. The van der Waals surface area contributed by atoms with Crippen molar-refractivity contribution in [3.8, 4) is 0 Å². The van der Waals surface area contributed by atoms with E-state index < -0.39 is 0 Å². The van der Waals surface area contributed by atoms with Gasteiger partial charge in [0.25, 0.3) is 0 Å². The van der Waals surface area contributed by atoms with Gasteiger partial charge in [-0.05, 0) is 67.6 Å². The van der Waals surface area contributed by atoms with Crippen LogP contribution in [0.25, 0.3) is 0 Å². The first-order valence-corrected chi connectivity index (χ1v) is 12.9. The Bertz CT molecular complexity index is 739. The summed E-state index contributed by atoms with van der Waals surface area (Å²) in [7, 11) is 0. The molecule has 0 N–H and O–H groups in total. The summed E-state index contributed by atoms with van der Waals surface area (Å²) >= 11 is 0. The normalized spacial score (nSPS) is 51.6. The van der Waals surface area contributed by atoms with Crippen LogP contribution in [0.15, 0.2) is 24.3 Å². The molecule has 1 saturated heterocycles. The zero-order valence-electron chi connectivity index (χ0n) is 20.2. The molecular weight excluding hydrogens is 368 g/mol. The number of allylic oxidation sites excluding steroid dienone is 2. The van der Waals surface area contributed by atoms with Gasteiger partial charge in [0, 0.05) is 17.3 Å². The molecule has 0 aromatic rings. The van der Waals surface area contributed by atoms with Crippen LogP contribution in [-0.4, -0.2) is 11.2 Å². The highest BCUT2D eigenvalue weighted by Crippen LogP contribution is 2.72. The minimum atomic E-state index is -0.190. The third-order valence-electron chi connectivity index (χ3n) is 11.1. The molecule has 3 saturated carbocycles. The van der Waals surface area contributed by atoms with E-state index in [4.69, 9.17) is 9.78 Å². The summed E-state index contributed by atoms with van der Waals surface area (Å²) in [4.78, 5) is 12.9. The van der Waals surface area contributed by atoms with E-state index in [0.29, 0.717) is 35.0 Å². The van der Waals surface area contributed by atoms with E-state index in [1.807, 2.05) is 0 Å². The third kappa shape index (κ3) is 2.62. The van der Waals surface area contributed by atoms with Crippen LogP contribution >= 0.6 is 0 Å². The van der Waals surface area contributed by atoms with E-state index in [0.717, 1.165) is 12.3 Å². The van der Waals surface area contributed by atoms with Crippen LogP contribution in [0.2, 0.25) is 0 Å². The fourth-order valence-corrected chi connectivity index (χ4v) is 8.75. The average molecular weight is 413 g/mol. The van der Waals surface area contributed by atoms with Gasteiger partial charge in [0.1, 0.15) is 11.2 Å². The Morgan fingerprint density at radius 1 is 0.833 bits per heavy atom. The molecule has 2 spiro atoms. The number of fused-ring (bicyclic) bond motifs is 2. The van der Waals surface area contributed by atoms with Gasteiger partial charge >= 0.3 is 0 Å². The minimum Gasteiger partial charge on any atom is -0.224 e. The summed E-state index contributed by atoms with van der Waals surface area (Å²) in [6, 6.07) is 0. The van der Waals surface area contributed by atoms with Crippen molar-refractivity contribution in [3.05, 3.63) is 24.3 Å². The lowest BCUT2D eigenvalue weighted by Gasteiger charge is -2.69. The smallest absolute Gasteiger partial charge is 0.128 e. The molecule has 2 bridgehead atoms. The van der Waals surface area contributed by atoms with Crippen molar-refractivity contribution in [1.29, 1.82) is 0 Å². The lowest BCUT2D eigenvalue weighted by molar-refractivity contribution is -0.495. The third-order valence-corrected chi connectivity index (χ3v) is 11.1. The first kappa shape index (κ1) is 21.3. The van der Waals surface area contributed by atoms with Gasteiger partial charge in [0.15, 0.2) is 0 Å². The molecule has 2 heteroatoms. The van der Waals surface area contributed by atoms with Crippen LogP contribution in [0.1, 0.15) is 92.9 Å². The second kappa shape index (κ2) is 6.95. The maximum absolute atomic E-state index is 6.53. The standard InChI is InChI=1S/C28H44O2/c1-19(2)20(3)9-10-21(4)22-11-12-23-25(22,5)16-13-24-26(6)14-7-8-15-27(26)17-18-28(23,24)30-29-27/h9-10,17-24H,7-8,11-16H2,1-6H3/b10-9-/t20-,21+,22+,23+,24+,25+,26+,27-,28-/m0/s1. The molecule has 4 fully saturated rings. The van der Waals surface area contributed by atoms with Gasteiger partial charge in [0.05, 0.1) is 0 Å². The second-order valence-electron chi connectivity index (χ2n) is 12.5. The van der Waals surface area contributed by atoms with Crippen molar-refractivity contribution in [2.24, 2.45) is 46.3 Å². The quantitative estimate of drug-likeness (QED) is 0.351. The minimum absolute atomic E-state index is 0.160. The van der Waals surface area contributed by atoms with E-state index in [1.165, 1.54) is 44.9 Å². The second-order valence-corrected chi connectivity index (χ2v) is 12.5. The number of hydrogen-bond acceptors (Lipinski definition) is 2. The molecule has 30 heavy (non-hydrogen) atoms. The van der Waals surface area contributed by atoms with Crippen molar-refractivity contribution in [3.63, 3.8) is 0 Å². The van der Waals surface area contributed by atoms with E-state index in [1.54, 1.807) is 0 Å². The lowest BCUT2D eigenvalue weighted by atomic mass is 9.43. The number of hydrogen-bond donors (Lipinski definition) is 0. The Hall–Kier alpha value is -0.600. The largest absolute Gasteiger partial charge is 0.224 e. The van der Waals surface area contributed by atoms with E-state index in [-0.39, 0.29) is 16.6 Å². The van der Waals surface area contributed by atoms with Crippen molar-refractivity contribution in [2.45, 2.75) is 104 Å². The van der Waals surface area contributed by atoms with Crippen LogP contribution in [0.3, 0.4) is 0 Å². The summed E-state index contributed by atoms with van der Waals surface area (Å²) < 4.78 is 0. The molecule has 0 aromatic heterocycles. The van der Waals surface area contributed by atoms with Gasteiger partial charge in [-0.3, -0.25) is 0 Å². The molecule has 2 nitrogen and oxygen atoms in total. The van der Waals surface area contributed by atoms with Crippen molar-refractivity contribution in [1.82, 2.24) is 0 Å². The highest BCUT2D eigenvalue weighted by atomic mass is 17.2. The van der Waals surface area contributed by atoms with E-state index in [9.17, 15) is 0 Å². The average Bonchev–Trinajstić information content (AvgIpc) is 3.09. The molecule has 2 heterocycles. The Kier molecular flexibility index (Phi) is 4.92. The highest BCUT2D eigenvalue weighted by molar-refractivity contribution is 5.33. The number of rotatable bonds is 4. The Morgan fingerprint density at radius 2 is 1.60 bits per heavy atom. The predicted octanol–water partition coefficient (Wildman–Crippen LogP) is 7.50. The topological polar surface area (TPSA) is 18.5 Å². The van der Waals surface area contributed by atoms with E-state index in [2.05, 4.69) is 65.8 Å². The van der Waals surface area contributed by atoms with Gasteiger partial charge in [-0.1, -0.05) is 78.7 Å². The van der Waals surface area contributed by atoms with E-state index >= 15 is 0 Å². The zero-order chi connectivity index (χ0) is 21.4. The summed E-state index contributed by atoms with van der Waals surface area (Å²) in [5, 5.41) is 0. The Labute approximate surface area is 184 Å². The fourth-order valence-electron chi connectivity index (χ4n) is 8.75. The van der Waals surface area contributed by atoms with Crippen LogP contribution in [0.4, 0.5) is 0 Å². The van der Waals surface area contributed by atoms with Crippen LogP contribution in [0, 0.1) is 46.3 Å². The molecule has 6 aliphatic rings. The molecule has 0 amide bonds. The monoisotopic (exact) mass is 412 g/mol. The summed E-state index contributed by atoms with van der Waals surface area (Å²) in [5.74, 6) is 3.95. The molecule has 9 atom stereocenters. The van der Waals surface area contributed by atoms with Gasteiger partial charge in [0.2, 0.25) is 0 Å². The molecule has 168 valence electrons. The van der Waals surface area contributed by atoms with Crippen molar-refractivity contribution < 1.29 is 9.78 Å². The van der Waals surface area contributed by atoms with Gasteiger partial charge in [-0.2, -0.15) is 0 Å². The molecule has 6 rings (SSSR count). The van der Waals surface area contributed by atoms with Gasteiger partial charge < -0.3 is 0 Å². The van der Waals surface area contributed by atoms with Crippen molar-refractivity contribution >= 4 is 0 Å². The zero-order valence-corrected chi connectivity index (χ0v) is 20.2. The molecule has 0 aromatic carbocycles. The van der Waals surface area contributed by atoms with Crippen molar-refractivity contribution in [2.75, 3.05) is 0 Å². The molecular formula is C28H44O2. The van der Waals surface area contributed by atoms with Crippen LogP contribution in [0.5, 0.6) is 0 Å². The fraction of sp³-hybridized carbons (Fsp3) is 0.857. The first-order chi connectivity index (χ1) is 14.2. The summed E-state index contributed by atoms with van der Waals surface area (Å²) in [6.45, 7) is 14.6. The maximum atomic E-state index is 6.53. The summed E-state index contributed by atoms with van der Waals surface area (Å²) in [5.41, 5.74) is 0.240. The highest BCUT2D eigenvalue weighted by Gasteiger charge is 2.73. The lowest BCUT2D eigenvalue weighted by Crippen LogP contribution is -2.72.